The van der Waals surface area contributed by atoms with Crippen molar-refractivity contribution in [3.05, 3.63) is 21.4 Å². The predicted octanol–water partition coefficient (Wildman–Crippen LogP) is 1.91. The summed E-state index contributed by atoms with van der Waals surface area (Å²) in [4.78, 5) is 23.2. The summed E-state index contributed by atoms with van der Waals surface area (Å²) in [5, 5.41) is 0. The van der Waals surface area contributed by atoms with Crippen molar-refractivity contribution in [2.45, 2.75) is 13.3 Å². The third-order valence-corrected chi connectivity index (χ3v) is 2.88. The fraction of sp³-hybridized carbons (Fsp3) is 0.333. The number of ether oxygens (including phenoxy) is 1. The summed E-state index contributed by atoms with van der Waals surface area (Å²) in [5.41, 5.74) is 0.374. The fourth-order valence-corrected chi connectivity index (χ4v) is 1.89. The summed E-state index contributed by atoms with van der Waals surface area (Å²) < 4.78 is 4.55. The molecular formula is C9H10O3S. The molecule has 0 unspecified atom stereocenters. The van der Waals surface area contributed by atoms with Crippen LogP contribution in [0.2, 0.25) is 0 Å². The SMILES string of the molecule is CCc1cc(C(=O)OC)c(C=O)s1. The van der Waals surface area contributed by atoms with Gasteiger partial charge >= 0.3 is 5.97 Å². The molecular weight excluding hydrogens is 188 g/mol. The van der Waals surface area contributed by atoms with Gasteiger partial charge in [-0.25, -0.2) is 4.79 Å². The van der Waals surface area contributed by atoms with Crippen LogP contribution in [0.15, 0.2) is 6.07 Å². The Balaban J connectivity index is 3.10. The first-order valence-electron chi connectivity index (χ1n) is 3.89. The highest BCUT2D eigenvalue weighted by Gasteiger charge is 2.14. The van der Waals surface area contributed by atoms with Gasteiger partial charge < -0.3 is 4.74 Å². The number of thiophene rings is 1. The van der Waals surface area contributed by atoms with Gasteiger partial charge in [-0.2, -0.15) is 0 Å². The maximum absolute atomic E-state index is 11.1. The van der Waals surface area contributed by atoms with Crippen molar-refractivity contribution in [3.63, 3.8) is 0 Å². The van der Waals surface area contributed by atoms with Crippen LogP contribution in [0.4, 0.5) is 0 Å². The molecule has 13 heavy (non-hydrogen) atoms. The summed E-state index contributed by atoms with van der Waals surface area (Å²) in [6, 6.07) is 1.71. The predicted molar refractivity (Wildman–Crippen MR) is 50.4 cm³/mol. The third kappa shape index (κ3) is 1.95. The molecule has 1 heterocycles. The Morgan fingerprint density at radius 3 is 2.85 bits per heavy atom. The normalized spacial score (nSPS) is 9.69. The van der Waals surface area contributed by atoms with Gasteiger partial charge in [0.2, 0.25) is 0 Å². The van der Waals surface area contributed by atoms with E-state index in [9.17, 15) is 9.59 Å². The first kappa shape index (κ1) is 9.92. The van der Waals surface area contributed by atoms with Crippen molar-refractivity contribution >= 4 is 23.6 Å². The average Bonchev–Trinajstić information content (AvgIpc) is 2.59. The number of aryl methyl sites for hydroxylation is 1. The van der Waals surface area contributed by atoms with Crippen molar-refractivity contribution in [3.8, 4) is 0 Å². The highest BCUT2D eigenvalue weighted by Crippen LogP contribution is 2.21. The van der Waals surface area contributed by atoms with Gasteiger partial charge in [0.05, 0.1) is 17.6 Å². The Morgan fingerprint density at radius 2 is 2.38 bits per heavy atom. The molecule has 1 aromatic heterocycles. The monoisotopic (exact) mass is 198 g/mol. The second-order valence-corrected chi connectivity index (χ2v) is 3.62. The minimum Gasteiger partial charge on any atom is -0.465 e. The molecule has 1 rings (SSSR count). The van der Waals surface area contributed by atoms with Crippen LogP contribution in [-0.4, -0.2) is 19.4 Å². The maximum Gasteiger partial charge on any atom is 0.339 e. The molecule has 0 spiro atoms. The minimum absolute atomic E-state index is 0.374. The molecule has 0 aliphatic carbocycles. The molecule has 3 nitrogen and oxygen atoms in total. The molecule has 0 aromatic carbocycles. The maximum atomic E-state index is 11.1. The lowest BCUT2D eigenvalue weighted by molar-refractivity contribution is 0.0599. The van der Waals surface area contributed by atoms with Crippen LogP contribution in [0, 0.1) is 0 Å². The van der Waals surface area contributed by atoms with Crippen molar-refractivity contribution < 1.29 is 14.3 Å². The van der Waals surface area contributed by atoms with Crippen molar-refractivity contribution in [1.29, 1.82) is 0 Å². The molecule has 4 heteroatoms. The van der Waals surface area contributed by atoms with E-state index in [1.807, 2.05) is 6.92 Å². The standard InChI is InChI=1S/C9H10O3S/c1-3-6-4-7(9(11)12-2)8(5-10)13-6/h4-5H,3H2,1-2H3. The van der Waals surface area contributed by atoms with Gasteiger partial charge in [-0.1, -0.05) is 6.92 Å². The van der Waals surface area contributed by atoms with E-state index in [1.165, 1.54) is 18.4 Å². The first-order chi connectivity index (χ1) is 6.22. The van der Waals surface area contributed by atoms with Gasteiger partial charge in [-0.05, 0) is 12.5 Å². The smallest absolute Gasteiger partial charge is 0.339 e. The van der Waals surface area contributed by atoms with E-state index in [1.54, 1.807) is 6.07 Å². The van der Waals surface area contributed by atoms with E-state index in [0.29, 0.717) is 16.7 Å². The number of rotatable bonds is 3. The molecule has 0 bridgehead atoms. The number of methoxy groups -OCH3 is 1. The largest absolute Gasteiger partial charge is 0.465 e. The van der Waals surface area contributed by atoms with E-state index < -0.39 is 5.97 Å². The van der Waals surface area contributed by atoms with Crippen LogP contribution in [0.5, 0.6) is 0 Å². The van der Waals surface area contributed by atoms with E-state index in [2.05, 4.69) is 4.74 Å². The molecule has 0 aliphatic rings. The number of aldehydes is 1. The molecule has 1 aromatic rings. The topological polar surface area (TPSA) is 43.4 Å². The quantitative estimate of drug-likeness (QED) is 0.550. The number of carbonyl (C=O) groups is 2. The lowest BCUT2D eigenvalue weighted by Gasteiger charge is -1.94. The van der Waals surface area contributed by atoms with Crippen LogP contribution in [0.3, 0.4) is 0 Å². The van der Waals surface area contributed by atoms with Crippen LogP contribution < -0.4 is 0 Å². The van der Waals surface area contributed by atoms with Gasteiger partial charge in [0.15, 0.2) is 6.29 Å². The second kappa shape index (κ2) is 4.18. The van der Waals surface area contributed by atoms with Crippen molar-refractivity contribution in [1.82, 2.24) is 0 Å². The molecule has 0 saturated carbocycles. The molecule has 0 amide bonds. The first-order valence-corrected chi connectivity index (χ1v) is 4.70. The molecule has 0 atom stereocenters. The zero-order valence-electron chi connectivity index (χ0n) is 7.49. The van der Waals surface area contributed by atoms with Crippen LogP contribution >= 0.6 is 11.3 Å². The highest BCUT2D eigenvalue weighted by atomic mass is 32.1. The zero-order chi connectivity index (χ0) is 9.84. The van der Waals surface area contributed by atoms with E-state index in [4.69, 9.17) is 0 Å². The molecule has 0 saturated heterocycles. The van der Waals surface area contributed by atoms with Gasteiger partial charge in [0.25, 0.3) is 0 Å². The highest BCUT2D eigenvalue weighted by molar-refractivity contribution is 7.14. The van der Waals surface area contributed by atoms with Gasteiger partial charge in [-0.3, -0.25) is 4.79 Å². The Hall–Kier alpha value is -1.16. The number of hydrogen-bond acceptors (Lipinski definition) is 4. The molecule has 70 valence electrons. The van der Waals surface area contributed by atoms with E-state index >= 15 is 0 Å². The summed E-state index contributed by atoms with van der Waals surface area (Å²) in [7, 11) is 1.31. The summed E-state index contributed by atoms with van der Waals surface area (Å²) in [6.07, 6.45) is 1.51. The van der Waals surface area contributed by atoms with Crippen LogP contribution in [0.1, 0.15) is 31.8 Å². The lowest BCUT2D eigenvalue weighted by Crippen LogP contribution is -2.01. The van der Waals surface area contributed by atoms with Gasteiger partial charge in [0.1, 0.15) is 0 Å². The lowest BCUT2D eigenvalue weighted by atomic mass is 10.2. The number of carbonyl (C=O) groups excluding carboxylic acids is 2. The Morgan fingerprint density at radius 1 is 1.69 bits per heavy atom. The zero-order valence-corrected chi connectivity index (χ0v) is 8.31. The summed E-state index contributed by atoms with van der Waals surface area (Å²) in [5.74, 6) is -0.446. The van der Waals surface area contributed by atoms with Crippen LogP contribution in [0.25, 0.3) is 0 Å². The number of esters is 1. The Bertz CT molecular complexity index is 328. The van der Waals surface area contributed by atoms with Crippen molar-refractivity contribution in [2.75, 3.05) is 7.11 Å². The van der Waals surface area contributed by atoms with Crippen LogP contribution in [-0.2, 0) is 11.2 Å². The van der Waals surface area contributed by atoms with Crippen molar-refractivity contribution in [2.24, 2.45) is 0 Å². The fourth-order valence-electron chi connectivity index (χ4n) is 0.989. The summed E-state index contributed by atoms with van der Waals surface area (Å²) >= 11 is 1.33. The third-order valence-electron chi connectivity index (χ3n) is 1.67. The molecule has 0 N–H and O–H groups in total. The van der Waals surface area contributed by atoms with Gasteiger partial charge in [0, 0.05) is 4.88 Å². The van der Waals surface area contributed by atoms with E-state index in [0.717, 1.165) is 11.3 Å². The Labute approximate surface area is 80.3 Å². The Kier molecular flexibility index (Phi) is 3.19. The molecule has 0 radical (unpaired) electrons. The minimum atomic E-state index is -0.446. The van der Waals surface area contributed by atoms with E-state index in [-0.39, 0.29) is 0 Å². The van der Waals surface area contributed by atoms with Gasteiger partial charge in [-0.15, -0.1) is 11.3 Å². The summed E-state index contributed by atoms with van der Waals surface area (Å²) in [6.45, 7) is 1.97. The average molecular weight is 198 g/mol. The number of hydrogen-bond donors (Lipinski definition) is 0. The molecule has 0 aliphatic heterocycles. The second-order valence-electron chi connectivity index (χ2n) is 2.45. The molecule has 0 fully saturated rings.